The first-order chi connectivity index (χ1) is 15.1. The summed E-state index contributed by atoms with van der Waals surface area (Å²) >= 11 is 0. The molecule has 0 aliphatic rings. The Bertz CT molecular complexity index is 1410. The second kappa shape index (κ2) is 7.56. The lowest BCUT2D eigenvalue weighted by Crippen LogP contribution is -2.01. The van der Waals surface area contributed by atoms with Crippen molar-refractivity contribution in [1.29, 1.82) is 0 Å². The zero-order valence-electron chi connectivity index (χ0n) is 17.0. The van der Waals surface area contributed by atoms with Crippen molar-refractivity contribution < 1.29 is 4.74 Å². The van der Waals surface area contributed by atoms with Crippen molar-refractivity contribution in [1.82, 2.24) is 24.5 Å². The highest BCUT2D eigenvalue weighted by molar-refractivity contribution is 5.91. The van der Waals surface area contributed by atoms with E-state index in [0.29, 0.717) is 12.4 Å². The molecule has 0 aliphatic carbocycles. The summed E-state index contributed by atoms with van der Waals surface area (Å²) in [7, 11) is 0. The zero-order valence-corrected chi connectivity index (χ0v) is 17.0. The van der Waals surface area contributed by atoms with E-state index in [2.05, 4.69) is 26.9 Å². The van der Waals surface area contributed by atoms with Crippen LogP contribution in [0, 0.1) is 0 Å². The van der Waals surface area contributed by atoms with Crippen LogP contribution in [0.25, 0.3) is 27.6 Å². The van der Waals surface area contributed by atoms with Crippen molar-refractivity contribution >= 4 is 33.4 Å². The molecule has 0 aliphatic heterocycles. The van der Waals surface area contributed by atoms with E-state index in [0.717, 1.165) is 56.7 Å². The number of benzene rings is 1. The fourth-order valence-electron chi connectivity index (χ4n) is 3.59. The largest absolute Gasteiger partial charge is 0.489 e. The van der Waals surface area contributed by atoms with Crippen LogP contribution in [0.3, 0.4) is 0 Å². The van der Waals surface area contributed by atoms with Gasteiger partial charge in [0, 0.05) is 40.8 Å². The van der Waals surface area contributed by atoms with Gasteiger partial charge < -0.3 is 16.2 Å². The maximum Gasteiger partial charge on any atom is 0.150 e. The van der Waals surface area contributed by atoms with E-state index >= 15 is 0 Å². The minimum absolute atomic E-state index is 0.367. The number of pyridine rings is 2. The number of anilines is 2. The maximum absolute atomic E-state index is 6.15. The lowest BCUT2D eigenvalue weighted by atomic mass is 10.1. The minimum atomic E-state index is 0.367. The van der Waals surface area contributed by atoms with Crippen LogP contribution in [-0.4, -0.2) is 24.5 Å². The van der Waals surface area contributed by atoms with Crippen LogP contribution in [0.4, 0.5) is 11.5 Å². The summed E-state index contributed by atoms with van der Waals surface area (Å²) < 4.78 is 7.95. The maximum atomic E-state index is 6.15. The van der Waals surface area contributed by atoms with Crippen LogP contribution in [-0.2, 0) is 13.0 Å². The molecule has 0 amide bonds. The molecule has 4 heterocycles. The Hall–Kier alpha value is -4.20. The van der Waals surface area contributed by atoms with E-state index < -0.39 is 0 Å². The van der Waals surface area contributed by atoms with Gasteiger partial charge in [-0.15, -0.1) is 0 Å². The normalized spacial score (nSPS) is 11.3. The van der Waals surface area contributed by atoms with Crippen LogP contribution in [0.1, 0.15) is 18.2 Å². The Morgan fingerprint density at radius 1 is 1.00 bits per heavy atom. The number of hydrogen-bond acceptors (Lipinski definition) is 7. The van der Waals surface area contributed by atoms with Crippen molar-refractivity contribution in [3.63, 3.8) is 0 Å². The predicted octanol–water partition coefficient (Wildman–Crippen LogP) is 3.67. The van der Waals surface area contributed by atoms with Crippen LogP contribution < -0.4 is 16.2 Å². The number of nitrogens with zero attached hydrogens (tertiary/aromatic N) is 5. The second-order valence-corrected chi connectivity index (χ2v) is 7.26. The molecule has 0 spiro atoms. The second-order valence-electron chi connectivity index (χ2n) is 7.26. The van der Waals surface area contributed by atoms with Crippen molar-refractivity contribution in [2.45, 2.75) is 20.0 Å². The Kier molecular flexibility index (Phi) is 4.59. The molecule has 5 aromatic rings. The summed E-state index contributed by atoms with van der Waals surface area (Å²) in [4.78, 5) is 17.4. The molecule has 0 saturated heterocycles. The van der Waals surface area contributed by atoms with E-state index in [4.69, 9.17) is 16.2 Å². The van der Waals surface area contributed by atoms with E-state index in [1.807, 2.05) is 47.2 Å². The monoisotopic (exact) mass is 411 g/mol. The average molecular weight is 411 g/mol. The number of rotatable bonds is 5. The molecule has 0 bridgehead atoms. The van der Waals surface area contributed by atoms with Crippen LogP contribution in [0.15, 0.2) is 61.3 Å². The zero-order chi connectivity index (χ0) is 21.4. The van der Waals surface area contributed by atoms with Crippen molar-refractivity contribution in [2.24, 2.45) is 0 Å². The molecule has 4 aromatic heterocycles. The lowest BCUT2D eigenvalue weighted by Gasteiger charge is -2.10. The Morgan fingerprint density at radius 2 is 1.90 bits per heavy atom. The summed E-state index contributed by atoms with van der Waals surface area (Å²) in [5.74, 6) is 1.18. The third-order valence-corrected chi connectivity index (χ3v) is 5.20. The highest BCUT2D eigenvalue weighted by atomic mass is 16.5. The van der Waals surface area contributed by atoms with Gasteiger partial charge >= 0.3 is 0 Å². The molecule has 154 valence electrons. The van der Waals surface area contributed by atoms with Gasteiger partial charge in [0.25, 0.3) is 0 Å². The molecule has 8 nitrogen and oxygen atoms in total. The quantitative estimate of drug-likeness (QED) is 0.453. The molecule has 0 fully saturated rings. The lowest BCUT2D eigenvalue weighted by molar-refractivity contribution is 0.306. The first-order valence-electron chi connectivity index (χ1n) is 9.96. The number of nitrogen functional groups attached to an aromatic ring is 2. The fraction of sp³-hybridized carbons (Fsp3) is 0.130. The van der Waals surface area contributed by atoms with Gasteiger partial charge in [-0.2, -0.15) is 0 Å². The first kappa shape index (κ1) is 18.8. The van der Waals surface area contributed by atoms with Crippen LogP contribution >= 0.6 is 0 Å². The van der Waals surface area contributed by atoms with E-state index in [9.17, 15) is 0 Å². The molecule has 4 N–H and O–H groups in total. The van der Waals surface area contributed by atoms with Gasteiger partial charge in [0.05, 0.1) is 22.8 Å². The molecule has 5 rings (SSSR count). The molecule has 0 saturated carbocycles. The van der Waals surface area contributed by atoms with E-state index in [1.165, 1.54) is 6.33 Å². The fourth-order valence-corrected chi connectivity index (χ4v) is 3.59. The molecule has 0 unspecified atom stereocenters. The number of fused-ring (bicyclic) bond motifs is 2. The number of hydrogen-bond donors (Lipinski definition) is 2. The molecule has 31 heavy (non-hydrogen) atoms. The third-order valence-electron chi connectivity index (χ3n) is 5.20. The van der Waals surface area contributed by atoms with Gasteiger partial charge in [-0.25, -0.2) is 9.97 Å². The average Bonchev–Trinajstić information content (AvgIpc) is 3.23. The predicted molar refractivity (Wildman–Crippen MR) is 121 cm³/mol. The number of nitrogens with two attached hydrogens (primary N) is 2. The van der Waals surface area contributed by atoms with E-state index in [1.54, 1.807) is 12.4 Å². The summed E-state index contributed by atoms with van der Waals surface area (Å²) in [5, 5.41) is 1.73. The molecule has 1 aromatic carbocycles. The summed E-state index contributed by atoms with van der Waals surface area (Å²) in [6.45, 7) is 2.42. The smallest absolute Gasteiger partial charge is 0.150 e. The van der Waals surface area contributed by atoms with Crippen molar-refractivity contribution in [3.05, 3.63) is 72.6 Å². The Balaban J connectivity index is 1.40. The molecular weight excluding hydrogens is 390 g/mol. The summed E-state index contributed by atoms with van der Waals surface area (Å²) in [6.07, 6.45) is 7.75. The van der Waals surface area contributed by atoms with Crippen molar-refractivity contribution in [3.8, 4) is 11.4 Å². The Morgan fingerprint density at radius 3 is 2.77 bits per heavy atom. The van der Waals surface area contributed by atoms with Gasteiger partial charge in [0.1, 0.15) is 30.1 Å². The summed E-state index contributed by atoms with van der Waals surface area (Å²) in [5.41, 5.74) is 17.1. The third kappa shape index (κ3) is 3.48. The molecule has 0 radical (unpaired) electrons. The minimum Gasteiger partial charge on any atom is -0.489 e. The van der Waals surface area contributed by atoms with Crippen molar-refractivity contribution in [2.75, 3.05) is 11.5 Å². The summed E-state index contributed by atoms with van der Waals surface area (Å²) in [6, 6.07) is 11.6. The van der Waals surface area contributed by atoms with Crippen LogP contribution in [0.2, 0.25) is 0 Å². The van der Waals surface area contributed by atoms with Crippen LogP contribution in [0.5, 0.6) is 5.75 Å². The van der Waals surface area contributed by atoms with Gasteiger partial charge in [-0.05, 0) is 36.8 Å². The highest BCUT2D eigenvalue weighted by Gasteiger charge is 2.09. The number of aromatic nitrogens is 5. The molecule has 0 atom stereocenters. The van der Waals surface area contributed by atoms with Gasteiger partial charge in [0.15, 0.2) is 0 Å². The standard InChI is InChI=1S/C23H21N7O/c1-2-15-8-20(24)18-4-3-17(9-21(18)29-15)31-12-14-7-16(11-26-10-14)30-6-5-19-22(25)27-13-28-23(19)30/h3-11,13H,2,12H2,1H3,(H2,24,29)(H2,25,27,28). The van der Waals surface area contributed by atoms with E-state index in [-0.39, 0.29) is 0 Å². The molecule has 8 heteroatoms. The van der Waals surface area contributed by atoms with Gasteiger partial charge in [0.2, 0.25) is 0 Å². The number of aryl methyl sites for hydroxylation is 1. The SMILES string of the molecule is CCc1cc(N)c2ccc(OCc3cncc(-n4ccc5c(N)ncnc54)c3)cc2n1. The topological polar surface area (TPSA) is 118 Å². The first-order valence-corrected chi connectivity index (χ1v) is 9.96. The molecular formula is C23H21N7O. The number of ether oxygens (including phenoxy) is 1. The Labute approximate surface area is 178 Å². The highest BCUT2D eigenvalue weighted by Crippen LogP contribution is 2.26. The van der Waals surface area contributed by atoms with Gasteiger partial charge in [-0.3, -0.25) is 14.5 Å². The van der Waals surface area contributed by atoms with Gasteiger partial charge in [-0.1, -0.05) is 6.92 Å².